The van der Waals surface area contributed by atoms with E-state index in [1.807, 2.05) is 6.08 Å². The van der Waals surface area contributed by atoms with E-state index in [1.54, 1.807) is 7.11 Å². The summed E-state index contributed by atoms with van der Waals surface area (Å²) in [6.07, 6.45) is 6.01. The molecule has 0 aliphatic heterocycles. The maximum atomic E-state index is 4.82. The van der Waals surface area contributed by atoms with Crippen LogP contribution in [0.5, 0.6) is 0 Å². The molecule has 0 aromatic heterocycles. The van der Waals surface area contributed by atoms with Crippen LogP contribution in [0.3, 0.4) is 0 Å². The monoisotopic (exact) mass is 113 g/mol. The Balaban J connectivity index is 2.80. The summed E-state index contributed by atoms with van der Waals surface area (Å²) in [5.41, 5.74) is 0. The third-order valence-electron chi connectivity index (χ3n) is 0.822. The fourth-order valence-electron chi connectivity index (χ4n) is 0.422. The molecule has 0 atom stereocenters. The smallest absolute Gasteiger partial charge is 0.0496 e. The molecule has 0 aliphatic rings. The number of hydrogen-bond acceptors (Lipinski definition) is 1. The minimum Gasteiger partial charge on any atom is -0.384 e. The largest absolute Gasteiger partial charge is 0.384 e. The molecule has 0 aromatic carbocycles. The molecule has 0 bridgehead atoms. The van der Waals surface area contributed by atoms with Crippen molar-refractivity contribution < 1.29 is 4.74 Å². The van der Waals surface area contributed by atoms with Gasteiger partial charge in [0.25, 0.3) is 0 Å². The normalized spacial score (nSPS) is 10.8. The van der Waals surface area contributed by atoms with Crippen LogP contribution in [0.25, 0.3) is 0 Å². The Labute approximate surface area is 51.4 Å². The van der Waals surface area contributed by atoms with Crippen molar-refractivity contribution in [2.24, 2.45) is 0 Å². The first kappa shape index (κ1) is 7.70. The van der Waals surface area contributed by atoms with Crippen molar-refractivity contribution in [3.63, 3.8) is 0 Å². The van der Waals surface area contributed by atoms with Crippen LogP contribution < -0.4 is 0 Å². The molecule has 1 nitrogen and oxygen atoms in total. The van der Waals surface area contributed by atoms with E-state index >= 15 is 0 Å². The van der Waals surface area contributed by atoms with E-state index < -0.39 is 0 Å². The van der Waals surface area contributed by atoms with Gasteiger partial charge in [0.1, 0.15) is 0 Å². The van der Waals surface area contributed by atoms with Crippen molar-refractivity contribution in [2.75, 3.05) is 13.7 Å². The molecule has 0 aromatic rings. The molecule has 0 rings (SSSR count). The lowest BCUT2D eigenvalue weighted by molar-refractivity contribution is 0.204. The lowest BCUT2D eigenvalue weighted by Gasteiger charge is -1.88. The van der Waals surface area contributed by atoms with Gasteiger partial charge >= 0.3 is 0 Å². The highest BCUT2D eigenvalue weighted by atomic mass is 16.5. The van der Waals surface area contributed by atoms with E-state index in [2.05, 4.69) is 13.0 Å². The molecule has 0 unspecified atom stereocenters. The average Bonchev–Trinajstić information content (AvgIpc) is 1.81. The van der Waals surface area contributed by atoms with Crippen molar-refractivity contribution in [3.8, 4) is 0 Å². The molecule has 0 spiro atoms. The predicted molar refractivity (Wildman–Crippen MR) is 35.6 cm³/mol. The molecule has 0 N–H and O–H groups in total. The fraction of sp³-hybridized carbons (Fsp3) is 0.571. The predicted octanol–water partition coefficient (Wildman–Crippen LogP) is 1.80. The Morgan fingerprint density at radius 2 is 2.25 bits per heavy atom. The van der Waals surface area contributed by atoms with Crippen molar-refractivity contribution in [3.05, 3.63) is 19.1 Å². The third kappa shape index (κ3) is 5.70. The summed E-state index contributed by atoms with van der Waals surface area (Å²) in [4.78, 5) is 0. The lowest BCUT2D eigenvalue weighted by atomic mass is 10.3. The Morgan fingerprint density at radius 3 is 2.75 bits per heavy atom. The SMILES string of the molecule is [CH2]C/C=C/CCOC. The molecule has 0 heterocycles. The number of hydrogen-bond donors (Lipinski definition) is 0. The standard InChI is InChI=1S/C7H13O/c1-3-4-5-6-7-8-2/h4-5H,1,3,6-7H2,2H3/b5-4+. The second kappa shape index (κ2) is 6.70. The second-order valence-corrected chi connectivity index (χ2v) is 1.54. The number of rotatable bonds is 4. The van der Waals surface area contributed by atoms with Gasteiger partial charge in [-0.05, 0) is 19.8 Å². The van der Waals surface area contributed by atoms with Crippen molar-refractivity contribution in [2.45, 2.75) is 12.8 Å². The van der Waals surface area contributed by atoms with Gasteiger partial charge in [0.2, 0.25) is 0 Å². The summed E-state index contributed by atoms with van der Waals surface area (Å²) < 4.78 is 4.82. The van der Waals surface area contributed by atoms with E-state index in [1.165, 1.54) is 0 Å². The molecule has 47 valence electrons. The quantitative estimate of drug-likeness (QED) is 0.399. The second-order valence-electron chi connectivity index (χ2n) is 1.54. The molecule has 1 heteroatoms. The van der Waals surface area contributed by atoms with Gasteiger partial charge in [-0.15, -0.1) is 0 Å². The molecule has 0 amide bonds. The fourth-order valence-corrected chi connectivity index (χ4v) is 0.422. The van der Waals surface area contributed by atoms with Crippen LogP contribution >= 0.6 is 0 Å². The first-order valence-electron chi connectivity index (χ1n) is 2.85. The molecule has 8 heavy (non-hydrogen) atoms. The lowest BCUT2D eigenvalue weighted by Crippen LogP contribution is -1.82. The van der Waals surface area contributed by atoms with Crippen LogP contribution in [0.4, 0.5) is 0 Å². The molecule has 0 saturated heterocycles. The van der Waals surface area contributed by atoms with Crippen molar-refractivity contribution in [1.82, 2.24) is 0 Å². The maximum absolute atomic E-state index is 4.82. The summed E-state index contributed by atoms with van der Waals surface area (Å²) in [6, 6.07) is 0. The van der Waals surface area contributed by atoms with Gasteiger partial charge in [-0.2, -0.15) is 0 Å². The van der Waals surface area contributed by atoms with Gasteiger partial charge in [-0.25, -0.2) is 0 Å². The highest BCUT2D eigenvalue weighted by Gasteiger charge is 1.73. The number of ether oxygens (including phenoxy) is 1. The summed E-state index contributed by atoms with van der Waals surface area (Å²) >= 11 is 0. The third-order valence-corrected chi connectivity index (χ3v) is 0.822. The van der Waals surface area contributed by atoms with Gasteiger partial charge in [0.05, 0.1) is 0 Å². The summed E-state index contributed by atoms with van der Waals surface area (Å²) in [5.74, 6) is 0. The van der Waals surface area contributed by atoms with Gasteiger partial charge in [-0.1, -0.05) is 12.2 Å². The van der Waals surface area contributed by atoms with Crippen molar-refractivity contribution >= 4 is 0 Å². The Hall–Kier alpha value is -0.300. The highest BCUT2D eigenvalue weighted by molar-refractivity contribution is 4.81. The van der Waals surface area contributed by atoms with Crippen LogP contribution in [0.15, 0.2) is 12.2 Å². The zero-order chi connectivity index (χ0) is 6.24. The van der Waals surface area contributed by atoms with Crippen LogP contribution in [0, 0.1) is 6.92 Å². The zero-order valence-corrected chi connectivity index (χ0v) is 5.39. The van der Waals surface area contributed by atoms with E-state index in [0.717, 1.165) is 19.4 Å². The van der Waals surface area contributed by atoms with Gasteiger partial charge in [0, 0.05) is 13.7 Å². The maximum Gasteiger partial charge on any atom is 0.0496 e. The minimum absolute atomic E-state index is 0.816. The molecular formula is C7H13O. The molecule has 1 radical (unpaired) electrons. The van der Waals surface area contributed by atoms with Crippen LogP contribution in [-0.4, -0.2) is 13.7 Å². The van der Waals surface area contributed by atoms with Crippen molar-refractivity contribution in [1.29, 1.82) is 0 Å². The molecule has 0 fully saturated rings. The van der Waals surface area contributed by atoms with Gasteiger partial charge in [0.15, 0.2) is 0 Å². The summed E-state index contributed by atoms with van der Waals surface area (Å²) in [5, 5.41) is 0. The molecule has 0 saturated carbocycles. The van der Waals surface area contributed by atoms with E-state index in [9.17, 15) is 0 Å². The Bertz CT molecular complexity index is 57.4. The molecule has 0 aliphatic carbocycles. The van der Waals surface area contributed by atoms with Crippen LogP contribution in [0.1, 0.15) is 12.8 Å². The number of allylic oxidation sites excluding steroid dienone is 1. The van der Waals surface area contributed by atoms with E-state index in [-0.39, 0.29) is 0 Å². The first-order valence-corrected chi connectivity index (χ1v) is 2.85. The van der Waals surface area contributed by atoms with E-state index in [0.29, 0.717) is 0 Å². The average molecular weight is 113 g/mol. The van der Waals surface area contributed by atoms with Crippen LogP contribution in [0.2, 0.25) is 0 Å². The van der Waals surface area contributed by atoms with Gasteiger partial charge < -0.3 is 4.74 Å². The zero-order valence-electron chi connectivity index (χ0n) is 5.39. The highest BCUT2D eigenvalue weighted by Crippen LogP contribution is 1.84. The Kier molecular flexibility index (Phi) is 6.45. The van der Waals surface area contributed by atoms with E-state index in [4.69, 9.17) is 4.74 Å². The Morgan fingerprint density at radius 1 is 1.50 bits per heavy atom. The summed E-state index contributed by atoms with van der Waals surface area (Å²) in [6.45, 7) is 4.47. The number of methoxy groups -OCH3 is 1. The topological polar surface area (TPSA) is 9.23 Å². The van der Waals surface area contributed by atoms with Gasteiger partial charge in [-0.3, -0.25) is 0 Å². The summed E-state index contributed by atoms with van der Waals surface area (Å²) in [7, 11) is 1.71. The minimum atomic E-state index is 0.816. The first-order chi connectivity index (χ1) is 3.91. The van der Waals surface area contributed by atoms with Crippen LogP contribution in [-0.2, 0) is 4.74 Å². The molecular weight excluding hydrogens is 100 g/mol.